The van der Waals surface area contributed by atoms with Crippen molar-refractivity contribution in [3.63, 3.8) is 0 Å². The molecule has 11 nitrogen and oxygen atoms in total. The van der Waals surface area contributed by atoms with Crippen molar-refractivity contribution in [1.82, 2.24) is 20.2 Å². The smallest absolute Gasteiger partial charge is 0.303 e. The normalized spacial score (nSPS) is 20.6. The van der Waals surface area contributed by atoms with Crippen LogP contribution in [0, 0.1) is 0 Å². The zero-order chi connectivity index (χ0) is 31.4. The van der Waals surface area contributed by atoms with E-state index in [4.69, 9.17) is 14.6 Å². The molecular formula is C34H43N5O6. The van der Waals surface area contributed by atoms with Gasteiger partial charge in [0.05, 0.1) is 18.8 Å². The van der Waals surface area contributed by atoms with E-state index in [0.29, 0.717) is 25.8 Å². The largest absolute Gasteiger partial charge is 0.481 e. The summed E-state index contributed by atoms with van der Waals surface area (Å²) in [6.45, 7) is 4.69. The van der Waals surface area contributed by atoms with Crippen molar-refractivity contribution in [2.45, 2.75) is 70.2 Å². The summed E-state index contributed by atoms with van der Waals surface area (Å²) in [5.41, 5.74) is 3.80. The molecular weight excluding hydrogens is 574 g/mol. The molecule has 5 rings (SSSR count). The number of piperazine rings is 1. The lowest BCUT2D eigenvalue weighted by atomic mass is 9.99. The molecule has 1 aromatic heterocycles. The third-order valence-corrected chi connectivity index (χ3v) is 8.32. The summed E-state index contributed by atoms with van der Waals surface area (Å²) in [5.74, 6) is -0.0755. The molecule has 2 saturated heterocycles. The van der Waals surface area contributed by atoms with Gasteiger partial charge >= 0.3 is 5.97 Å². The van der Waals surface area contributed by atoms with Crippen LogP contribution in [0.15, 0.2) is 67.0 Å². The molecule has 2 aliphatic rings. The van der Waals surface area contributed by atoms with Crippen LogP contribution < -0.4 is 10.2 Å². The Bertz CT molecular complexity index is 1350. The Morgan fingerprint density at radius 2 is 1.51 bits per heavy atom. The number of aliphatic hydroxyl groups excluding tert-OH is 1. The Morgan fingerprint density at radius 3 is 2.20 bits per heavy atom. The molecule has 0 spiro atoms. The van der Waals surface area contributed by atoms with Gasteiger partial charge in [-0.3, -0.25) is 14.5 Å². The number of hydrogen-bond acceptors (Lipinski definition) is 9. The van der Waals surface area contributed by atoms with E-state index >= 15 is 0 Å². The number of benzene rings is 2. The Labute approximate surface area is 264 Å². The molecule has 0 saturated carbocycles. The standard InChI is InChI=1S/C34H43N5O6/c40-24-26-9-11-27(12-10-26)30-21-29(23-38-17-19-39(20-18-38)34-35-15-4-16-36-34)44-33(45-30)28-13-7-25(8-14-28)22-37-31(41)5-2-1-3-6-32(42)43/h4,7-16,29-30,33,40H,1-3,5-6,17-24H2,(H,37,41)(H,42,43)/t29-,30+,33+/m0/s1. The minimum Gasteiger partial charge on any atom is -0.481 e. The number of aliphatic hydroxyl groups is 1. The van der Waals surface area contributed by atoms with Crippen LogP contribution in [-0.4, -0.2) is 75.8 Å². The monoisotopic (exact) mass is 617 g/mol. The number of carboxylic acid groups (broad SMARTS) is 1. The molecule has 3 N–H and O–H groups in total. The molecule has 0 unspecified atom stereocenters. The number of nitrogens with one attached hydrogen (secondary N) is 1. The summed E-state index contributed by atoms with van der Waals surface area (Å²) in [4.78, 5) is 36.3. The zero-order valence-electron chi connectivity index (χ0n) is 25.6. The number of aliphatic carboxylic acids is 1. The summed E-state index contributed by atoms with van der Waals surface area (Å²) < 4.78 is 13.1. The number of carboxylic acids is 1. The van der Waals surface area contributed by atoms with Crippen molar-refractivity contribution in [3.8, 4) is 0 Å². The Morgan fingerprint density at radius 1 is 0.844 bits per heavy atom. The van der Waals surface area contributed by atoms with Gasteiger partial charge in [-0.15, -0.1) is 0 Å². The molecule has 2 aliphatic heterocycles. The Kier molecular flexibility index (Phi) is 11.9. The van der Waals surface area contributed by atoms with Crippen molar-refractivity contribution in [2.75, 3.05) is 37.6 Å². The second-order valence-electron chi connectivity index (χ2n) is 11.7. The van der Waals surface area contributed by atoms with Crippen molar-refractivity contribution in [3.05, 3.63) is 89.2 Å². The number of aromatic nitrogens is 2. The fourth-order valence-electron chi connectivity index (χ4n) is 5.73. The van der Waals surface area contributed by atoms with Gasteiger partial charge in [-0.1, -0.05) is 55.0 Å². The highest BCUT2D eigenvalue weighted by Crippen LogP contribution is 2.38. The predicted octanol–water partition coefficient (Wildman–Crippen LogP) is 3.99. The van der Waals surface area contributed by atoms with Gasteiger partial charge in [-0.2, -0.15) is 0 Å². The maximum atomic E-state index is 12.2. The fraction of sp³-hybridized carbons (Fsp3) is 0.471. The van der Waals surface area contributed by atoms with Gasteiger partial charge in [-0.25, -0.2) is 9.97 Å². The van der Waals surface area contributed by atoms with Crippen LogP contribution in [0.1, 0.15) is 73.2 Å². The second-order valence-corrected chi connectivity index (χ2v) is 11.7. The summed E-state index contributed by atoms with van der Waals surface area (Å²) in [5, 5.41) is 21.2. The Balaban J connectivity index is 1.17. The van der Waals surface area contributed by atoms with Crippen molar-refractivity contribution >= 4 is 17.8 Å². The molecule has 240 valence electrons. The van der Waals surface area contributed by atoms with Crippen LogP contribution in [0.2, 0.25) is 0 Å². The third-order valence-electron chi connectivity index (χ3n) is 8.32. The molecule has 3 atom stereocenters. The highest BCUT2D eigenvalue weighted by Gasteiger charge is 2.34. The topological polar surface area (TPSA) is 137 Å². The van der Waals surface area contributed by atoms with Gasteiger partial charge in [0.25, 0.3) is 0 Å². The summed E-state index contributed by atoms with van der Waals surface area (Å²) in [6.07, 6.45) is 6.04. The number of carbonyl (C=O) groups excluding carboxylic acids is 1. The molecule has 2 aromatic carbocycles. The van der Waals surface area contributed by atoms with Crippen LogP contribution in [0.5, 0.6) is 0 Å². The first-order valence-electron chi connectivity index (χ1n) is 15.8. The third kappa shape index (κ3) is 9.79. The van der Waals surface area contributed by atoms with E-state index in [1.54, 1.807) is 12.4 Å². The first kappa shape index (κ1) is 32.5. The van der Waals surface area contributed by atoms with E-state index in [9.17, 15) is 14.7 Å². The Hall–Kier alpha value is -3.90. The summed E-state index contributed by atoms with van der Waals surface area (Å²) in [6, 6.07) is 17.7. The van der Waals surface area contributed by atoms with Crippen LogP contribution in [0.25, 0.3) is 0 Å². The maximum Gasteiger partial charge on any atom is 0.303 e. The van der Waals surface area contributed by atoms with E-state index in [1.165, 1.54) is 0 Å². The lowest BCUT2D eigenvalue weighted by Gasteiger charge is -2.40. The van der Waals surface area contributed by atoms with Gasteiger partial charge in [0.15, 0.2) is 6.29 Å². The number of hydrogen-bond donors (Lipinski definition) is 3. The lowest BCUT2D eigenvalue weighted by molar-refractivity contribution is -0.253. The van der Waals surface area contributed by atoms with Crippen LogP contribution in [0.4, 0.5) is 5.95 Å². The predicted molar refractivity (Wildman–Crippen MR) is 168 cm³/mol. The van der Waals surface area contributed by atoms with E-state index in [1.807, 2.05) is 54.6 Å². The molecule has 0 bridgehead atoms. The lowest BCUT2D eigenvalue weighted by Crippen LogP contribution is -2.50. The molecule has 1 amide bonds. The van der Waals surface area contributed by atoms with Gasteiger partial charge in [-0.05, 0) is 35.6 Å². The molecule has 0 radical (unpaired) electrons. The zero-order valence-corrected chi connectivity index (χ0v) is 25.6. The summed E-state index contributed by atoms with van der Waals surface area (Å²) in [7, 11) is 0. The first-order valence-corrected chi connectivity index (χ1v) is 15.8. The van der Waals surface area contributed by atoms with Crippen molar-refractivity contribution in [2.24, 2.45) is 0 Å². The number of rotatable bonds is 14. The fourth-order valence-corrected chi connectivity index (χ4v) is 5.73. The minimum absolute atomic E-state index is 0.000238. The molecule has 2 fully saturated rings. The number of carbonyl (C=O) groups is 2. The highest BCUT2D eigenvalue weighted by molar-refractivity contribution is 5.75. The van der Waals surface area contributed by atoms with E-state index in [0.717, 1.165) is 73.8 Å². The van der Waals surface area contributed by atoms with Gasteiger partial charge in [0.1, 0.15) is 0 Å². The molecule has 11 heteroatoms. The average Bonchev–Trinajstić information content (AvgIpc) is 3.08. The van der Waals surface area contributed by atoms with Crippen LogP contribution >= 0.6 is 0 Å². The molecule has 0 aliphatic carbocycles. The van der Waals surface area contributed by atoms with Gasteiger partial charge in [0, 0.05) is 76.5 Å². The van der Waals surface area contributed by atoms with Gasteiger partial charge < -0.3 is 29.9 Å². The average molecular weight is 618 g/mol. The number of ether oxygens (including phenoxy) is 2. The molecule has 45 heavy (non-hydrogen) atoms. The number of nitrogens with zero attached hydrogens (tertiary/aromatic N) is 4. The van der Waals surface area contributed by atoms with Crippen molar-refractivity contribution < 1.29 is 29.3 Å². The van der Waals surface area contributed by atoms with E-state index in [-0.39, 0.29) is 31.1 Å². The second kappa shape index (κ2) is 16.4. The number of amides is 1. The SMILES string of the molecule is O=C(O)CCCCCC(=O)NCc1ccc([C@@H]2O[C@H](CN3CCN(c4ncccn4)CC3)C[C@H](c3ccc(CO)cc3)O2)cc1. The van der Waals surface area contributed by atoms with Crippen molar-refractivity contribution in [1.29, 1.82) is 0 Å². The van der Waals surface area contributed by atoms with E-state index < -0.39 is 12.3 Å². The van der Waals surface area contributed by atoms with Gasteiger partial charge in [0.2, 0.25) is 11.9 Å². The first-order chi connectivity index (χ1) is 22.0. The van der Waals surface area contributed by atoms with Crippen LogP contribution in [-0.2, 0) is 32.2 Å². The minimum atomic E-state index is -0.803. The highest BCUT2D eigenvalue weighted by atomic mass is 16.7. The maximum absolute atomic E-state index is 12.2. The van der Waals surface area contributed by atoms with E-state index in [2.05, 4.69) is 25.1 Å². The molecule has 3 heterocycles. The number of unbranched alkanes of at least 4 members (excludes halogenated alkanes) is 2. The molecule has 3 aromatic rings. The quantitative estimate of drug-likeness (QED) is 0.228. The number of anilines is 1. The van der Waals surface area contributed by atoms with Crippen LogP contribution in [0.3, 0.4) is 0 Å². The summed E-state index contributed by atoms with van der Waals surface area (Å²) >= 11 is 0.